The molecule has 0 aliphatic rings. The van der Waals surface area contributed by atoms with Crippen LogP contribution < -0.4 is 11.2 Å². The molecule has 10 heteroatoms. The summed E-state index contributed by atoms with van der Waals surface area (Å²) < 4.78 is 27.7. The Labute approximate surface area is 156 Å². The molecule has 0 atom stereocenters. The Kier molecular flexibility index (Phi) is 5.38. The Bertz CT molecular complexity index is 948. The molecule has 26 heavy (non-hydrogen) atoms. The van der Waals surface area contributed by atoms with Crippen molar-refractivity contribution >= 4 is 35.0 Å². The van der Waals surface area contributed by atoms with E-state index in [2.05, 4.69) is 15.5 Å². The van der Waals surface area contributed by atoms with E-state index in [4.69, 9.17) is 17.4 Å². The average molecular weight is 396 g/mol. The van der Waals surface area contributed by atoms with Gasteiger partial charge in [-0.15, -0.1) is 10.2 Å². The summed E-state index contributed by atoms with van der Waals surface area (Å²) in [5, 5.41) is 11.2. The van der Waals surface area contributed by atoms with E-state index in [1.54, 1.807) is 24.3 Å². The summed E-state index contributed by atoms with van der Waals surface area (Å²) in [5.74, 6) is 4.23. The SMILES string of the molecule is Nn1c(SCC(=O)Nc2ccc(F)cc2F)nnc1-c1ccc(Cl)cc1. The average Bonchev–Trinajstić information content (AvgIpc) is 2.97. The number of anilines is 1. The number of rotatable bonds is 5. The van der Waals surface area contributed by atoms with Gasteiger partial charge in [-0.25, -0.2) is 13.5 Å². The summed E-state index contributed by atoms with van der Waals surface area (Å²) in [6, 6.07) is 9.78. The molecule has 3 N–H and O–H groups in total. The largest absolute Gasteiger partial charge is 0.335 e. The molecule has 1 heterocycles. The van der Waals surface area contributed by atoms with Crippen molar-refractivity contribution in [3.05, 3.63) is 59.1 Å². The smallest absolute Gasteiger partial charge is 0.234 e. The predicted octanol–water partition coefficient (Wildman–Crippen LogP) is 3.32. The molecule has 1 aromatic heterocycles. The third-order valence-electron chi connectivity index (χ3n) is 3.30. The van der Waals surface area contributed by atoms with Gasteiger partial charge in [0.2, 0.25) is 11.1 Å². The van der Waals surface area contributed by atoms with Gasteiger partial charge in [0.05, 0.1) is 11.4 Å². The zero-order valence-corrected chi connectivity index (χ0v) is 14.7. The molecule has 3 rings (SSSR count). The first-order valence-electron chi connectivity index (χ1n) is 7.28. The summed E-state index contributed by atoms with van der Waals surface area (Å²) in [6.45, 7) is 0. The van der Waals surface area contributed by atoms with Crippen LogP contribution in [0.15, 0.2) is 47.6 Å². The van der Waals surface area contributed by atoms with E-state index in [9.17, 15) is 13.6 Å². The van der Waals surface area contributed by atoms with Crippen molar-refractivity contribution < 1.29 is 13.6 Å². The number of hydrogen-bond donors (Lipinski definition) is 2. The molecule has 134 valence electrons. The van der Waals surface area contributed by atoms with Crippen LogP contribution in [0.5, 0.6) is 0 Å². The molecular formula is C16H12ClF2N5OS. The van der Waals surface area contributed by atoms with Crippen molar-refractivity contribution in [2.24, 2.45) is 0 Å². The number of hydrogen-bond acceptors (Lipinski definition) is 5. The highest BCUT2D eigenvalue weighted by Gasteiger charge is 2.14. The van der Waals surface area contributed by atoms with E-state index < -0.39 is 17.5 Å². The molecule has 0 unspecified atom stereocenters. The van der Waals surface area contributed by atoms with E-state index in [0.717, 1.165) is 23.9 Å². The number of aromatic nitrogens is 3. The van der Waals surface area contributed by atoms with Gasteiger partial charge in [-0.2, -0.15) is 0 Å². The Morgan fingerprint density at radius 2 is 1.92 bits per heavy atom. The first kappa shape index (κ1) is 18.2. The van der Waals surface area contributed by atoms with Crippen LogP contribution in [-0.2, 0) is 4.79 Å². The predicted molar refractivity (Wildman–Crippen MR) is 96.3 cm³/mol. The van der Waals surface area contributed by atoms with E-state index in [0.29, 0.717) is 27.6 Å². The molecule has 3 aromatic rings. The van der Waals surface area contributed by atoms with Crippen molar-refractivity contribution in [2.75, 3.05) is 16.9 Å². The molecule has 0 spiro atoms. The fraction of sp³-hybridized carbons (Fsp3) is 0.0625. The lowest BCUT2D eigenvalue weighted by Gasteiger charge is -2.06. The Hall–Kier alpha value is -2.65. The standard InChI is InChI=1S/C16H12ClF2N5OS/c17-10-3-1-9(2-4-10)15-22-23-16(24(15)20)26-8-14(25)21-13-6-5-11(18)7-12(13)19/h1-7H,8,20H2,(H,21,25). The van der Waals surface area contributed by atoms with E-state index >= 15 is 0 Å². The lowest BCUT2D eigenvalue weighted by atomic mass is 10.2. The van der Waals surface area contributed by atoms with Gasteiger partial charge in [-0.05, 0) is 36.4 Å². The summed E-state index contributed by atoms with van der Waals surface area (Å²) in [4.78, 5) is 11.9. The number of thioether (sulfide) groups is 1. The van der Waals surface area contributed by atoms with E-state index in [1.165, 1.54) is 4.68 Å². The number of amides is 1. The van der Waals surface area contributed by atoms with Crippen molar-refractivity contribution in [1.82, 2.24) is 14.9 Å². The van der Waals surface area contributed by atoms with Crippen molar-refractivity contribution in [3.63, 3.8) is 0 Å². The van der Waals surface area contributed by atoms with Crippen molar-refractivity contribution in [1.29, 1.82) is 0 Å². The molecule has 0 aliphatic carbocycles. The van der Waals surface area contributed by atoms with Gasteiger partial charge in [0.1, 0.15) is 11.6 Å². The normalized spacial score (nSPS) is 10.7. The summed E-state index contributed by atoms with van der Waals surface area (Å²) in [5.41, 5.74) is 0.613. The summed E-state index contributed by atoms with van der Waals surface area (Å²) in [6.07, 6.45) is 0. The van der Waals surface area contributed by atoms with Crippen LogP contribution >= 0.6 is 23.4 Å². The molecule has 0 radical (unpaired) electrons. The van der Waals surface area contributed by atoms with E-state index in [-0.39, 0.29) is 11.4 Å². The monoisotopic (exact) mass is 395 g/mol. The number of nitrogens with zero attached hydrogens (tertiary/aromatic N) is 3. The molecule has 2 aromatic carbocycles. The zero-order valence-electron chi connectivity index (χ0n) is 13.1. The molecular weight excluding hydrogens is 384 g/mol. The van der Waals surface area contributed by atoms with Gasteiger partial charge < -0.3 is 11.2 Å². The third-order valence-corrected chi connectivity index (χ3v) is 4.50. The van der Waals surface area contributed by atoms with Gasteiger partial charge in [0.15, 0.2) is 5.82 Å². The molecule has 0 aliphatic heterocycles. The maximum Gasteiger partial charge on any atom is 0.234 e. The number of carbonyl (C=O) groups excluding carboxylic acids is 1. The highest BCUT2D eigenvalue weighted by atomic mass is 35.5. The Morgan fingerprint density at radius 3 is 2.62 bits per heavy atom. The van der Waals surface area contributed by atoms with Crippen molar-refractivity contribution in [3.8, 4) is 11.4 Å². The molecule has 0 bridgehead atoms. The number of nitrogens with one attached hydrogen (secondary N) is 1. The van der Waals surface area contributed by atoms with Gasteiger partial charge >= 0.3 is 0 Å². The molecule has 1 amide bonds. The minimum absolute atomic E-state index is 0.0766. The number of carbonyl (C=O) groups is 1. The summed E-state index contributed by atoms with van der Waals surface area (Å²) >= 11 is 6.88. The maximum atomic E-state index is 13.5. The lowest BCUT2D eigenvalue weighted by molar-refractivity contribution is -0.113. The lowest BCUT2D eigenvalue weighted by Crippen LogP contribution is -2.17. The number of benzene rings is 2. The maximum absolute atomic E-state index is 13.5. The Balaban J connectivity index is 1.64. The van der Waals surface area contributed by atoms with Crippen LogP contribution in [0.25, 0.3) is 11.4 Å². The van der Waals surface area contributed by atoms with E-state index in [1.807, 2.05) is 0 Å². The summed E-state index contributed by atoms with van der Waals surface area (Å²) in [7, 11) is 0. The van der Waals surface area contributed by atoms with Crippen LogP contribution in [0.3, 0.4) is 0 Å². The highest BCUT2D eigenvalue weighted by molar-refractivity contribution is 7.99. The zero-order chi connectivity index (χ0) is 18.7. The molecule has 0 saturated carbocycles. The number of nitrogens with two attached hydrogens (primary N) is 1. The van der Waals surface area contributed by atoms with Gasteiger partial charge in [0.25, 0.3) is 0 Å². The van der Waals surface area contributed by atoms with Crippen LogP contribution in [0.4, 0.5) is 14.5 Å². The van der Waals surface area contributed by atoms with Gasteiger partial charge in [0, 0.05) is 16.7 Å². The third kappa shape index (κ3) is 4.12. The quantitative estimate of drug-likeness (QED) is 0.511. The van der Waals surface area contributed by atoms with Gasteiger partial charge in [-0.1, -0.05) is 23.4 Å². The highest BCUT2D eigenvalue weighted by Crippen LogP contribution is 2.23. The van der Waals surface area contributed by atoms with Gasteiger partial charge in [-0.3, -0.25) is 4.79 Å². The minimum atomic E-state index is -0.852. The first-order chi connectivity index (χ1) is 12.4. The van der Waals surface area contributed by atoms with Crippen LogP contribution in [0.1, 0.15) is 0 Å². The second-order valence-electron chi connectivity index (χ2n) is 5.14. The number of nitrogen functional groups attached to an aromatic ring is 1. The molecule has 0 fully saturated rings. The van der Waals surface area contributed by atoms with Crippen molar-refractivity contribution in [2.45, 2.75) is 5.16 Å². The van der Waals surface area contributed by atoms with Crippen LogP contribution in [0.2, 0.25) is 5.02 Å². The van der Waals surface area contributed by atoms with Crippen LogP contribution in [-0.4, -0.2) is 26.5 Å². The van der Waals surface area contributed by atoms with Crippen LogP contribution in [0, 0.1) is 11.6 Å². The topological polar surface area (TPSA) is 85.8 Å². The fourth-order valence-corrected chi connectivity index (χ4v) is 2.86. The molecule has 6 nitrogen and oxygen atoms in total. The Morgan fingerprint density at radius 1 is 1.19 bits per heavy atom. The first-order valence-corrected chi connectivity index (χ1v) is 8.64. The minimum Gasteiger partial charge on any atom is -0.335 e. The fourth-order valence-electron chi connectivity index (χ4n) is 2.08. The second-order valence-corrected chi connectivity index (χ2v) is 6.52. The molecule has 0 saturated heterocycles. The second kappa shape index (κ2) is 7.71. The number of halogens is 3.